The van der Waals surface area contributed by atoms with E-state index < -0.39 is 5.54 Å². The maximum Gasteiger partial charge on any atom is 0.249 e. The highest BCUT2D eigenvalue weighted by Gasteiger charge is 2.52. The number of hydrogen-bond donors (Lipinski definition) is 1. The van der Waals surface area contributed by atoms with Crippen LogP contribution in [-0.2, 0) is 23.2 Å². The first-order valence-electron chi connectivity index (χ1n) is 6.58. The van der Waals surface area contributed by atoms with Crippen molar-refractivity contribution in [3.05, 3.63) is 18.0 Å². The van der Waals surface area contributed by atoms with Crippen LogP contribution in [0.1, 0.15) is 25.5 Å². The Kier molecular flexibility index (Phi) is 2.62. The molecule has 6 heteroatoms. The molecule has 1 saturated carbocycles. The SMILES string of the molecule is Cn1ccc(CN2CC(=O)NC(C)(C3CC3)C2=O)n1. The number of aromatic nitrogens is 2. The minimum atomic E-state index is -0.718. The van der Waals surface area contributed by atoms with E-state index in [2.05, 4.69) is 10.4 Å². The number of hydrogen-bond acceptors (Lipinski definition) is 3. The van der Waals surface area contributed by atoms with Gasteiger partial charge in [-0.25, -0.2) is 0 Å². The molecule has 19 heavy (non-hydrogen) atoms. The lowest BCUT2D eigenvalue weighted by atomic mass is 9.91. The minimum absolute atomic E-state index is 0.0141. The van der Waals surface area contributed by atoms with Crippen molar-refractivity contribution in [2.24, 2.45) is 13.0 Å². The first kappa shape index (κ1) is 12.2. The van der Waals surface area contributed by atoms with Crippen molar-refractivity contribution < 1.29 is 9.59 Å². The van der Waals surface area contributed by atoms with E-state index in [4.69, 9.17) is 0 Å². The summed E-state index contributed by atoms with van der Waals surface area (Å²) in [7, 11) is 1.84. The molecule has 2 fully saturated rings. The second kappa shape index (κ2) is 4.08. The predicted molar refractivity (Wildman–Crippen MR) is 67.9 cm³/mol. The Balaban J connectivity index is 1.80. The molecule has 1 aromatic heterocycles. The van der Waals surface area contributed by atoms with Gasteiger partial charge in [-0.05, 0) is 31.7 Å². The molecular weight excluding hydrogens is 244 g/mol. The summed E-state index contributed by atoms with van der Waals surface area (Å²) in [6, 6.07) is 1.87. The van der Waals surface area contributed by atoms with Crippen LogP contribution in [0.15, 0.2) is 12.3 Å². The van der Waals surface area contributed by atoms with Crippen molar-refractivity contribution in [2.45, 2.75) is 31.8 Å². The van der Waals surface area contributed by atoms with E-state index in [1.807, 2.05) is 26.2 Å². The summed E-state index contributed by atoms with van der Waals surface area (Å²) in [6.07, 6.45) is 3.86. The van der Waals surface area contributed by atoms with Gasteiger partial charge in [-0.2, -0.15) is 5.10 Å². The van der Waals surface area contributed by atoms with Gasteiger partial charge in [0.1, 0.15) is 12.1 Å². The Bertz CT molecular complexity index is 535. The first-order chi connectivity index (χ1) is 8.99. The molecule has 0 radical (unpaired) electrons. The van der Waals surface area contributed by atoms with Crippen LogP contribution in [0.5, 0.6) is 0 Å². The van der Waals surface area contributed by atoms with Gasteiger partial charge in [-0.1, -0.05) is 0 Å². The summed E-state index contributed by atoms with van der Waals surface area (Å²) >= 11 is 0. The highest BCUT2D eigenvalue weighted by atomic mass is 16.2. The van der Waals surface area contributed by atoms with Crippen LogP contribution in [0, 0.1) is 5.92 Å². The van der Waals surface area contributed by atoms with Crippen LogP contribution in [0.2, 0.25) is 0 Å². The average molecular weight is 262 g/mol. The van der Waals surface area contributed by atoms with Gasteiger partial charge in [0, 0.05) is 13.2 Å². The summed E-state index contributed by atoms with van der Waals surface area (Å²) in [5, 5.41) is 7.13. The number of nitrogens with one attached hydrogen (secondary N) is 1. The quantitative estimate of drug-likeness (QED) is 0.837. The molecule has 1 aliphatic carbocycles. The molecule has 1 N–H and O–H groups in total. The molecular formula is C13H18N4O2. The normalized spacial score (nSPS) is 27.6. The summed E-state index contributed by atoms with van der Waals surface area (Å²) in [4.78, 5) is 26.0. The van der Waals surface area contributed by atoms with E-state index in [-0.39, 0.29) is 24.3 Å². The monoisotopic (exact) mass is 262 g/mol. The number of nitrogens with zero attached hydrogens (tertiary/aromatic N) is 3. The van der Waals surface area contributed by atoms with Crippen LogP contribution >= 0.6 is 0 Å². The number of rotatable bonds is 3. The zero-order valence-corrected chi connectivity index (χ0v) is 11.2. The van der Waals surface area contributed by atoms with Crippen LogP contribution in [0.25, 0.3) is 0 Å². The van der Waals surface area contributed by atoms with Gasteiger partial charge in [-0.3, -0.25) is 14.3 Å². The van der Waals surface area contributed by atoms with Gasteiger partial charge in [0.25, 0.3) is 0 Å². The van der Waals surface area contributed by atoms with Crippen molar-refractivity contribution in [2.75, 3.05) is 6.54 Å². The largest absolute Gasteiger partial charge is 0.340 e. The van der Waals surface area contributed by atoms with E-state index in [1.54, 1.807) is 9.58 Å². The molecule has 2 aliphatic rings. The third kappa shape index (κ3) is 2.11. The fraction of sp³-hybridized carbons (Fsp3) is 0.615. The van der Waals surface area contributed by atoms with Crippen molar-refractivity contribution in [1.82, 2.24) is 20.0 Å². The molecule has 0 aromatic carbocycles. The molecule has 2 heterocycles. The van der Waals surface area contributed by atoms with Crippen molar-refractivity contribution in [3.8, 4) is 0 Å². The van der Waals surface area contributed by atoms with E-state index in [0.29, 0.717) is 6.54 Å². The maximum atomic E-state index is 12.6. The Labute approximate surface area is 111 Å². The van der Waals surface area contributed by atoms with Crippen LogP contribution in [0.3, 0.4) is 0 Å². The van der Waals surface area contributed by atoms with Crippen LogP contribution in [0.4, 0.5) is 0 Å². The smallest absolute Gasteiger partial charge is 0.249 e. The summed E-state index contributed by atoms with van der Waals surface area (Å²) in [5.41, 5.74) is 0.0908. The lowest BCUT2D eigenvalue weighted by Gasteiger charge is -2.39. The molecule has 0 spiro atoms. The molecule has 1 unspecified atom stereocenters. The summed E-state index contributed by atoms with van der Waals surface area (Å²) in [5.74, 6) is 0.223. The van der Waals surface area contributed by atoms with Gasteiger partial charge in [0.15, 0.2) is 0 Å². The minimum Gasteiger partial charge on any atom is -0.340 e. The lowest BCUT2D eigenvalue weighted by Crippen LogP contribution is -2.66. The molecule has 1 aromatic rings. The molecule has 2 amide bonds. The Morgan fingerprint density at radius 1 is 1.47 bits per heavy atom. The van der Waals surface area contributed by atoms with Gasteiger partial charge >= 0.3 is 0 Å². The first-order valence-corrected chi connectivity index (χ1v) is 6.58. The lowest BCUT2D eigenvalue weighted by molar-refractivity contribution is -0.150. The summed E-state index contributed by atoms with van der Waals surface area (Å²) < 4.78 is 1.70. The second-order valence-electron chi connectivity index (χ2n) is 5.67. The highest BCUT2D eigenvalue weighted by molar-refractivity contribution is 5.98. The Morgan fingerprint density at radius 2 is 2.21 bits per heavy atom. The Hall–Kier alpha value is -1.85. The van der Waals surface area contributed by atoms with E-state index in [1.165, 1.54) is 0 Å². The van der Waals surface area contributed by atoms with Gasteiger partial charge < -0.3 is 10.2 Å². The predicted octanol–water partition coefficient (Wildman–Crippen LogP) is 0.0472. The molecule has 1 aliphatic heterocycles. The summed E-state index contributed by atoms with van der Waals surface area (Å²) in [6.45, 7) is 2.36. The number of amides is 2. The average Bonchev–Trinajstić information content (AvgIpc) is 3.11. The third-order valence-corrected chi connectivity index (χ3v) is 3.98. The van der Waals surface area contributed by atoms with Gasteiger partial charge in [0.05, 0.1) is 12.2 Å². The molecule has 1 saturated heterocycles. The number of piperazine rings is 1. The van der Waals surface area contributed by atoms with Gasteiger partial charge in [-0.15, -0.1) is 0 Å². The fourth-order valence-corrected chi connectivity index (χ4v) is 2.76. The number of aryl methyl sites for hydroxylation is 1. The van der Waals surface area contributed by atoms with Crippen LogP contribution in [-0.4, -0.2) is 38.6 Å². The van der Waals surface area contributed by atoms with Crippen molar-refractivity contribution in [1.29, 1.82) is 0 Å². The number of carbonyl (C=O) groups is 2. The molecule has 3 rings (SSSR count). The van der Waals surface area contributed by atoms with Gasteiger partial charge in [0.2, 0.25) is 11.8 Å². The van der Waals surface area contributed by atoms with E-state index in [9.17, 15) is 9.59 Å². The standard InChI is InChI=1S/C13H18N4O2/c1-13(9-3-4-9)12(19)17(8-11(18)14-13)7-10-5-6-16(2)15-10/h5-6,9H,3-4,7-8H2,1-2H3,(H,14,18). The topological polar surface area (TPSA) is 67.2 Å². The van der Waals surface area contributed by atoms with Crippen molar-refractivity contribution >= 4 is 11.8 Å². The zero-order chi connectivity index (χ0) is 13.6. The molecule has 102 valence electrons. The molecule has 6 nitrogen and oxygen atoms in total. The number of carbonyl (C=O) groups excluding carboxylic acids is 2. The van der Waals surface area contributed by atoms with Crippen LogP contribution < -0.4 is 5.32 Å². The molecule has 1 atom stereocenters. The second-order valence-corrected chi connectivity index (χ2v) is 5.67. The maximum absolute atomic E-state index is 12.6. The zero-order valence-electron chi connectivity index (χ0n) is 11.2. The highest BCUT2D eigenvalue weighted by Crippen LogP contribution is 2.41. The fourth-order valence-electron chi connectivity index (χ4n) is 2.76. The third-order valence-electron chi connectivity index (χ3n) is 3.98. The Morgan fingerprint density at radius 3 is 2.79 bits per heavy atom. The van der Waals surface area contributed by atoms with Crippen molar-refractivity contribution in [3.63, 3.8) is 0 Å². The molecule has 0 bridgehead atoms. The van der Waals surface area contributed by atoms with E-state index in [0.717, 1.165) is 18.5 Å². The van der Waals surface area contributed by atoms with E-state index >= 15 is 0 Å².